The van der Waals surface area contributed by atoms with Gasteiger partial charge in [-0.05, 0) is 17.7 Å². The molecule has 0 radical (unpaired) electrons. The second kappa shape index (κ2) is 7.09. The molecular formula is C12H15FO3. The molecule has 0 spiro atoms. The number of hydrogen-bond donors (Lipinski definition) is 0. The van der Waals surface area contributed by atoms with Gasteiger partial charge in [0.25, 0.3) is 0 Å². The summed E-state index contributed by atoms with van der Waals surface area (Å²) < 4.78 is 22.4. The van der Waals surface area contributed by atoms with Gasteiger partial charge in [0.05, 0.1) is 13.2 Å². The normalized spacial score (nSPS) is 10.4. The molecule has 1 rings (SSSR count). The van der Waals surface area contributed by atoms with E-state index in [4.69, 9.17) is 9.47 Å². The van der Waals surface area contributed by atoms with Crippen molar-refractivity contribution in [2.24, 2.45) is 0 Å². The Balaban J connectivity index is 2.26. The van der Waals surface area contributed by atoms with E-state index < -0.39 is 0 Å². The predicted octanol–water partition coefficient (Wildman–Crippen LogP) is 1.60. The molecule has 0 saturated heterocycles. The van der Waals surface area contributed by atoms with Gasteiger partial charge in [-0.3, -0.25) is 4.79 Å². The molecule has 0 N–H and O–H groups in total. The SMILES string of the molecule is COCCOCC(=O)Cc1ccc(F)cc1. The number of methoxy groups -OCH3 is 1. The van der Waals surface area contributed by atoms with Crippen molar-refractivity contribution in [3.05, 3.63) is 35.6 Å². The summed E-state index contributed by atoms with van der Waals surface area (Å²) in [6, 6.07) is 5.88. The third-order valence-corrected chi connectivity index (χ3v) is 2.01. The van der Waals surface area contributed by atoms with Gasteiger partial charge < -0.3 is 9.47 Å². The van der Waals surface area contributed by atoms with Gasteiger partial charge in [-0.2, -0.15) is 0 Å². The Kier molecular flexibility index (Phi) is 5.67. The molecule has 0 atom stereocenters. The van der Waals surface area contributed by atoms with Gasteiger partial charge in [-0.25, -0.2) is 4.39 Å². The first-order chi connectivity index (χ1) is 7.72. The molecule has 88 valence electrons. The van der Waals surface area contributed by atoms with Crippen LogP contribution >= 0.6 is 0 Å². The van der Waals surface area contributed by atoms with Crippen LogP contribution in [0.4, 0.5) is 4.39 Å². The largest absolute Gasteiger partial charge is 0.382 e. The van der Waals surface area contributed by atoms with Crippen LogP contribution < -0.4 is 0 Å². The number of hydrogen-bond acceptors (Lipinski definition) is 3. The van der Waals surface area contributed by atoms with Crippen molar-refractivity contribution in [3.63, 3.8) is 0 Å². The molecule has 1 aromatic carbocycles. The van der Waals surface area contributed by atoms with Crippen LogP contribution in [0.3, 0.4) is 0 Å². The van der Waals surface area contributed by atoms with Crippen LogP contribution in [-0.2, 0) is 20.7 Å². The van der Waals surface area contributed by atoms with E-state index in [0.717, 1.165) is 5.56 Å². The zero-order valence-corrected chi connectivity index (χ0v) is 9.24. The molecule has 0 aromatic heterocycles. The highest BCUT2D eigenvalue weighted by Gasteiger charge is 2.03. The smallest absolute Gasteiger partial charge is 0.162 e. The number of carbonyl (C=O) groups is 1. The molecule has 0 heterocycles. The minimum absolute atomic E-state index is 0.0253. The lowest BCUT2D eigenvalue weighted by Crippen LogP contribution is -2.13. The molecule has 1 aromatic rings. The van der Waals surface area contributed by atoms with Gasteiger partial charge in [0.2, 0.25) is 0 Å². The Hall–Kier alpha value is -1.26. The van der Waals surface area contributed by atoms with Crippen LogP contribution in [0.1, 0.15) is 5.56 Å². The molecule has 16 heavy (non-hydrogen) atoms. The van der Waals surface area contributed by atoms with Crippen molar-refractivity contribution in [2.45, 2.75) is 6.42 Å². The first-order valence-electron chi connectivity index (χ1n) is 5.05. The van der Waals surface area contributed by atoms with E-state index in [1.807, 2.05) is 0 Å². The van der Waals surface area contributed by atoms with E-state index in [9.17, 15) is 9.18 Å². The zero-order chi connectivity index (χ0) is 11.8. The molecule has 0 aliphatic rings. The maximum Gasteiger partial charge on any atom is 0.162 e. The number of Topliss-reactive ketones (excluding diaryl/α,β-unsaturated/α-hetero) is 1. The molecule has 0 fully saturated rings. The molecule has 0 amide bonds. The van der Waals surface area contributed by atoms with Crippen molar-refractivity contribution >= 4 is 5.78 Å². The van der Waals surface area contributed by atoms with E-state index >= 15 is 0 Å². The number of ketones is 1. The van der Waals surface area contributed by atoms with Gasteiger partial charge in [0, 0.05) is 13.5 Å². The van der Waals surface area contributed by atoms with Crippen LogP contribution in [-0.4, -0.2) is 32.7 Å². The summed E-state index contributed by atoms with van der Waals surface area (Å²) in [4.78, 5) is 11.4. The number of benzene rings is 1. The molecule has 0 bridgehead atoms. The van der Waals surface area contributed by atoms with Gasteiger partial charge in [0.15, 0.2) is 5.78 Å². The highest BCUT2D eigenvalue weighted by molar-refractivity contribution is 5.82. The fraction of sp³-hybridized carbons (Fsp3) is 0.417. The molecular weight excluding hydrogens is 211 g/mol. The summed E-state index contributed by atoms with van der Waals surface area (Å²) in [6.07, 6.45) is 0.271. The molecule has 0 saturated carbocycles. The summed E-state index contributed by atoms with van der Waals surface area (Å²) >= 11 is 0. The van der Waals surface area contributed by atoms with E-state index in [1.165, 1.54) is 12.1 Å². The number of ether oxygens (including phenoxy) is 2. The van der Waals surface area contributed by atoms with Gasteiger partial charge >= 0.3 is 0 Å². The van der Waals surface area contributed by atoms with Crippen molar-refractivity contribution in [2.75, 3.05) is 26.9 Å². The minimum atomic E-state index is -0.299. The third-order valence-electron chi connectivity index (χ3n) is 2.01. The highest BCUT2D eigenvalue weighted by atomic mass is 19.1. The first kappa shape index (κ1) is 12.8. The van der Waals surface area contributed by atoms with Gasteiger partial charge in [-0.15, -0.1) is 0 Å². The Labute approximate surface area is 94.2 Å². The van der Waals surface area contributed by atoms with Crippen molar-refractivity contribution in [1.29, 1.82) is 0 Å². The van der Waals surface area contributed by atoms with Gasteiger partial charge in [-0.1, -0.05) is 12.1 Å². The predicted molar refractivity (Wildman–Crippen MR) is 57.8 cm³/mol. The van der Waals surface area contributed by atoms with E-state index in [-0.39, 0.29) is 24.6 Å². The maximum atomic E-state index is 12.6. The van der Waals surface area contributed by atoms with Crippen LogP contribution in [0.15, 0.2) is 24.3 Å². The van der Waals surface area contributed by atoms with Crippen molar-refractivity contribution in [1.82, 2.24) is 0 Å². The Morgan fingerprint density at radius 1 is 1.25 bits per heavy atom. The summed E-state index contributed by atoms with van der Waals surface area (Å²) in [7, 11) is 1.57. The summed E-state index contributed by atoms with van der Waals surface area (Å²) in [5, 5.41) is 0. The lowest BCUT2D eigenvalue weighted by molar-refractivity contribution is -0.123. The first-order valence-corrected chi connectivity index (χ1v) is 5.05. The second-order valence-corrected chi connectivity index (χ2v) is 3.39. The fourth-order valence-corrected chi connectivity index (χ4v) is 1.21. The van der Waals surface area contributed by atoms with Crippen LogP contribution in [0.2, 0.25) is 0 Å². The van der Waals surface area contributed by atoms with Gasteiger partial charge in [0.1, 0.15) is 12.4 Å². The summed E-state index contributed by atoms with van der Waals surface area (Å²) in [6.45, 7) is 0.955. The Bertz CT molecular complexity index is 322. The molecule has 0 aliphatic carbocycles. The van der Waals surface area contributed by atoms with E-state index in [1.54, 1.807) is 19.2 Å². The lowest BCUT2D eigenvalue weighted by Gasteiger charge is -2.03. The topological polar surface area (TPSA) is 35.5 Å². The molecule has 0 aliphatic heterocycles. The van der Waals surface area contributed by atoms with Crippen molar-refractivity contribution < 1.29 is 18.7 Å². The third kappa shape index (κ3) is 5.00. The van der Waals surface area contributed by atoms with E-state index in [0.29, 0.717) is 13.2 Å². The summed E-state index contributed by atoms with van der Waals surface area (Å²) in [5.41, 5.74) is 0.793. The number of rotatable bonds is 7. The average molecular weight is 226 g/mol. The standard InChI is InChI=1S/C12H15FO3/c1-15-6-7-16-9-12(14)8-10-2-4-11(13)5-3-10/h2-5H,6-9H2,1H3. The number of carbonyl (C=O) groups excluding carboxylic acids is 1. The van der Waals surface area contributed by atoms with Crippen LogP contribution in [0.5, 0.6) is 0 Å². The average Bonchev–Trinajstić information content (AvgIpc) is 2.28. The maximum absolute atomic E-state index is 12.6. The fourth-order valence-electron chi connectivity index (χ4n) is 1.21. The monoisotopic (exact) mass is 226 g/mol. The van der Waals surface area contributed by atoms with Crippen LogP contribution in [0.25, 0.3) is 0 Å². The van der Waals surface area contributed by atoms with Crippen molar-refractivity contribution in [3.8, 4) is 0 Å². The molecule has 4 heteroatoms. The van der Waals surface area contributed by atoms with Crippen LogP contribution in [0, 0.1) is 5.82 Å². The van der Waals surface area contributed by atoms with E-state index in [2.05, 4.69) is 0 Å². The molecule has 3 nitrogen and oxygen atoms in total. The zero-order valence-electron chi connectivity index (χ0n) is 9.24. The highest BCUT2D eigenvalue weighted by Crippen LogP contribution is 2.03. The number of halogens is 1. The summed E-state index contributed by atoms with van der Waals surface area (Å²) in [5.74, 6) is -0.324. The minimum Gasteiger partial charge on any atom is -0.382 e. The Morgan fingerprint density at radius 2 is 1.94 bits per heavy atom. The second-order valence-electron chi connectivity index (χ2n) is 3.39. The Morgan fingerprint density at radius 3 is 2.56 bits per heavy atom. The molecule has 0 unspecified atom stereocenters. The quantitative estimate of drug-likeness (QED) is 0.662. The lowest BCUT2D eigenvalue weighted by atomic mass is 10.1.